The second-order valence-corrected chi connectivity index (χ2v) is 9.62. The molecule has 0 spiro atoms. The maximum absolute atomic E-state index is 11.5. The zero-order valence-electron chi connectivity index (χ0n) is 13.0. The minimum Gasteiger partial charge on any atom is -0.317 e. The molecule has 6 nitrogen and oxygen atoms in total. The lowest BCUT2D eigenvalue weighted by atomic mass is 9.97. The van der Waals surface area contributed by atoms with Crippen LogP contribution in [0, 0.1) is 5.92 Å². The second-order valence-electron chi connectivity index (χ2n) is 6.33. The van der Waals surface area contributed by atoms with Crippen LogP contribution in [-0.2, 0) is 16.9 Å². The first kappa shape index (κ1) is 16.3. The third-order valence-electron chi connectivity index (χ3n) is 4.66. The van der Waals surface area contributed by atoms with E-state index in [-0.39, 0.29) is 0 Å². The molecular formula is C14H24N4O2S2. The van der Waals surface area contributed by atoms with Gasteiger partial charge in [-0.1, -0.05) is 11.8 Å². The van der Waals surface area contributed by atoms with Gasteiger partial charge >= 0.3 is 0 Å². The molecule has 0 amide bonds. The fourth-order valence-corrected chi connectivity index (χ4v) is 6.23. The van der Waals surface area contributed by atoms with E-state index in [1.807, 2.05) is 7.05 Å². The molecule has 0 bridgehead atoms. The molecule has 3 heterocycles. The first-order valence-corrected chi connectivity index (χ1v) is 10.8. The van der Waals surface area contributed by atoms with Crippen molar-refractivity contribution in [2.75, 3.05) is 30.3 Å². The SMILES string of the molecule is Cn1c(SCC[C@@H]2CCS(=O)(=O)C2)nnc1C1CCNCC1. The summed E-state index contributed by atoms with van der Waals surface area (Å²) in [5, 5.41) is 13.0. The Balaban J connectivity index is 1.52. The fourth-order valence-electron chi connectivity index (χ4n) is 3.30. The molecule has 2 aliphatic rings. The summed E-state index contributed by atoms with van der Waals surface area (Å²) in [6.45, 7) is 2.10. The van der Waals surface area contributed by atoms with E-state index < -0.39 is 9.84 Å². The Morgan fingerprint density at radius 2 is 2.05 bits per heavy atom. The highest BCUT2D eigenvalue weighted by Gasteiger charge is 2.27. The van der Waals surface area contributed by atoms with Crippen molar-refractivity contribution in [3.05, 3.63) is 5.82 Å². The molecule has 0 unspecified atom stereocenters. The third kappa shape index (κ3) is 3.83. The van der Waals surface area contributed by atoms with Crippen molar-refractivity contribution in [2.24, 2.45) is 13.0 Å². The predicted octanol–water partition coefficient (Wildman–Crippen LogP) is 1.20. The summed E-state index contributed by atoms with van der Waals surface area (Å²) in [6, 6.07) is 0. The monoisotopic (exact) mass is 344 g/mol. The van der Waals surface area contributed by atoms with E-state index in [9.17, 15) is 8.42 Å². The smallest absolute Gasteiger partial charge is 0.190 e. The van der Waals surface area contributed by atoms with Crippen molar-refractivity contribution >= 4 is 21.6 Å². The summed E-state index contributed by atoms with van der Waals surface area (Å²) in [5.74, 6) is 3.58. The van der Waals surface area contributed by atoms with Crippen LogP contribution in [0.2, 0.25) is 0 Å². The lowest BCUT2D eigenvalue weighted by Gasteiger charge is -2.21. The van der Waals surface area contributed by atoms with Gasteiger partial charge in [0.05, 0.1) is 11.5 Å². The average Bonchev–Trinajstić information content (AvgIpc) is 3.03. The van der Waals surface area contributed by atoms with E-state index in [0.29, 0.717) is 23.3 Å². The molecule has 2 fully saturated rings. The Bertz CT molecular complexity index is 608. The van der Waals surface area contributed by atoms with Crippen molar-refractivity contribution in [1.82, 2.24) is 20.1 Å². The summed E-state index contributed by atoms with van der Waals surface area (Å²) in [5.41, 5.74) is 0. The highest BCUT2D eigenvalue weighted by atomic mass is 32.2. The van der Waals surface area contributed by atoms with Gasteiger partial charge in [0.2, 0.25) is 0 Å². The maximum Gasteiger partial charge on any atom is 0.190 e. The van der Waals surface area contributed by atoms with Crippen molar-refractivity contribution in [2.45, 2.75) is 36.8 Å². The Labute approximate surface area is 136 Å². The summed E-state index contributed by atoms with van der Waals surface area (Å²) in [7, 11) is -0.716. The number of rotatable bonds is 5. The van der Waals surface area contributed by atoms with Crippen LogP contribution in [-0.4, -0.2) is 53.5 Å². The summed E-state index contributed by atoms with van der Waals surface area (Å²) < 4.78 is 25.1. The molecule has 3 rings (SSSR count). The largest absolute Gasteiger partial charge is 0.317 e. The van der Waals surface area contributed by atoms with Gasteiger partial charge in [-0.15, -0.1) is 10.2 Å². The van der Waals surface area contributed by atoms with E-state index in [4.69, 9.17) is 0 Å². The van der Waals surface area contributed by atoms with Gasteiger partial charge in [0.25, 0.3) is 0 Å². The van der Waals surface area contributed by atoms with Crippen molar-refractivity contribution in [1.29, 1.82) is 0 Å². The first-order chi connectivity index (χ1) is 10.6. The van der Waals surface area contributed by atoms with Crippen LogP contribution >= 0.6 is 11.8 Å². The number of sulfone groups is 1. The highest BCUT2D eigenvalue weighted by molar-refractivity contribution is 7.99. The van der Waals surface area contributed by atoms with E-state index >= 15 is 0 Å². The Kier molecular flexibility index (Phi) is 5.09. The quantitative estimate of drug-likeness (QED) is 0.809. The molecular weight excluding hydrogens is 320 g/mol. The lowest BCUT2D eigenvalue weighted by Crippen LogP contribution is -2.27. The van der Waals surface area contributed by atoms with Gasteiger partial charge in [-0.05, 0) is 44.7 Å². The second kappa shape index (κ2) is 6.88. The van der Waals surface area contributed by atoms with Crippen molar-refractivity contribution in [3.8, 4) is 0 Å². The molecule has 0 radical (unpaired) electrons. The van der Waals surface area contributed by atoms with E-state index in [2.05, 4.69) is 20.1 Å². The van der Waals surface area contributed by atoms with Gasteiger partial charge in [0.1, 0.15) is 5.82 Å². The topological polar surface area (TPSA) is 76.9 Å². The van der Waals surface area contributed by atoms with Crippen LogP contribution < -0.4 is 5.32 Å². The minimum atomic E-state index is -2.76. The van der Waals surface area contributed by atoms with Crippen LogP contribution in [0.25, 0.3) is 0 Å². The average molecular weight is 345 g/mol. The minimum absolute atomic E-state index is 0.328. The van der Waals surface area contributed by atoms with Crippen LogP contribution in [0.1, 0.15) is 37.4 Å². The maximum atomic E-state index is 11.5. The molecule has 1 atom stereocenters. The van der Waals surface area contributed by atoms with Gasteiger partial charge in [-0.2, -0.15) is 0 Å². The number of hydrogen-bond acceptors (Lipinski definition) is 6. The summed E-state index contributed by atoms with van der Waals surface area (Å²) in [6.07, 6.45) is 4.01. The Hall–Kier alpha value is -0.600. The third-order valence-corrected chi connectivity index (χ3v) is 7.55. The van der Waals surface area contributed by atoms with Gasteiger partial charge in [-0.25, -0.2) is 8.42 Å². The van der Waals surface area contributed by atoms with Crippen LogP contribution in [0.5, 0.6) is 0 Å². The highest BCUT2D eigenvalue weighted by Crippen LogP contribution is 2.28. The summed E-state index contributed by atoms with van der Waals surface area (Å²) in [4.78, 5) is 0. The number of nitrogens with one attached hydrogen (secondary N) is 1. The number of hydrogen-bond donors (Lipinski definition) is 1. The van der Waals surface area contributed by atoms with Crippen LogP contribution in [0.15, 0.2) is 5.16 Å². The lowest BCUT2D eigenvalue weighted by molar-refractivity contribution is 0.434. The van der Waals surface area contributed by atoms with Gasteiger partial charge in [-0.3, -0.25) is 0 Å². The molecule has 8 heteroatoms. The number of nitrogens with zero attached hydrogens (tertiary/aromatic N) is 3. The molecule has 1 aromatic heterocycles. The van der Waals surface area contributed by atoms with Gasteiger partial charge < -0.3 is 9.88 Å². The van der Waals surface area contributed by atoms with Gasteiger partial charge in [0, 0.05) is 18.7 Å². The van der Waals surface area contributed by atoms with Gasteiger partial charge in [0.15, 0.2) is 15.0 Å². The Morgan fingerprint density at radius 1 is 1.27 bits per heavy atom. The molecule has 0 aromatic carbocycles. The number of piperidine rings is 1. The standard InChI is InChI=1S/C14H24N4O2S2/c1-18-13(12-2-6-15-7-3-12)16-17-14(18)21-8-4-11-5-9-22(19,20)10-11/h11-12,15H,2-10H2,1H3/t11-/m1/s1. The summed E-state index contributed by atoms with van der Waals surface area (Å²) >= 11 is 1.70. The van der Waals surface area contributed by atoms with Crippen LogP contribution in [0.4, 0.5) is 0 Å². The van der Waals surface area contributed by atoms with Crippen molar-refractivity contribution in [3.63, 3.8) is 0 Å². The van der Waals surface area contributed by atoms with E-state index in [1.165, 1.54) is 0 Å². The molecule has 0 aliphatic carbocycles. The molecule has 22 heavy (non-hydrogen) atoms. The molecule has 1 aromatic rings. The molecule has 0 saturated carbocycles. The molecule has 124 valence electrons. The van der Waals surface area contributed by atoms with E-state index in [0.717, 1.165) is 55.5 Å². The molecule has 2 saturated heterocycles. The van der Waals surface area contributed by atoms with E-state index in [1.54, 1.807) is 11.8 Å². The zero-order valence-corrected chi connectivity index (χ0v) is 14.6. The predicted molar refractivity (Wildman–Crippen MR) is 87.9 cm³/mol. The normalized spacial score (nSPS) is 25.6. The molecule has 2 aliphatic heterocycles. The van der Waals surface area contributed by atoms with Crippen molar-refractivity contribution < 1.29 is 8.42 Å². The Morgan fingerprint density at radius 3 is 2.73 bits per heavy atom. The fraction of sp³-hybridized carbons (Fsp3) is 0.857. The molecule has 1 N–H and O–H groups in total. The number of aromatic nitrogens is 3. The zero-order chi connectivity index (χ0) is 15.6. The first-order valence-electron chi connectivity index (χ1n) is 7.98. The number of thioether (sulfide) groups is 1. The van der Waals surface area contributed by atoms with Crippen LogP contribution in [0.3, 0.4) is 0 Å².